The first-order valence-corrected chi connectivity index (χ1v) is 9.60. The molecule has 0 saturated carbocycles. The molecule has 0 radical (unpaired) electrons. The summed E-state index contributed by atoms with van der Waals surface area (Å²) in [6.07, 6.45) is 1.55. The lowest BCUT2D eigenvalue weighted by molar-refractivity contribution is 0.0734. The van der Waals surface area contributed by atoms with E-state index in [1.54, 1.807) is 67.8 Å². The van der Waals surface area contributed by atoms with E-state index < -0.39 is 5.97 Å². The monoisotopic (exact) mass is 440 g/mol. The number of rotatable bonds is 4. The van der Waals surface area contributed by atoms with E-state index in [4.69, 9.17) is 37.4 Å². The summed E-state index contributed by atoms with van der Waals surface area (Å²) in [5.74, 6) is 0.489. The number of allylic oxidation sites excluding steroid dienone is 1. The number of fused-ring (bicyclic) bond motifs is 1. The number of carbonyl (C=O) groups excluding carboxylic acids is 2. The maximum atomic E-state index is 12.6. The van der Waals surface area contributed by atoms with Crippen molar-refractivity contribution in [3.05, 3.63) is 93.2 Å². The van der Waals surface area contributed by atoms with Gasteiger partial charge < -0.3 is 14.2 Å². The number of methoxy groups -OCH3 is 1. The fourth-order valence-electron chi connectivity index (χ4n) is 2.88. The molecule has 5 nitrogen and oxygen atoms in total. The number of carbonyl (C=O) groups is 2. The number of benzene rings is 3. The van der Waals surface area contributed by atoms with Crippen molar-refractivity contribution >= 4 is 41.0 Å². The Hall–Kier alpha value is -3.28. The lowest BCUT2D eigenvalue weighted by Crippen LogP contribution is -2.08. The van der Waals surface area contributed by atoms with Gasteiger partial charge in [0.25, 0.3) is 0 Å². The molecule has 0 bridgehead atoms. The molecule has 7 heteroatoms. The smallest absolute Gasteiger partial charge is 0.343 e. The first kappa shape index (κ1) is 20.0. The van der Waals surface area contributed by atoms with Crippen molar-refractivity contribution in [1.29, 1.82) is 0 Å². The number of esters is 1. The van der Waals surface area contributed by atoms with Crippen LogP contribution < -0.4 is 14.2 Å². The van der Waals surface area contributed by atoms with Crippen molar-refractivity contribution in [2.24, 2.45) is 0 Å². The van der Waals surface area contributed by atoms with E-state index in [1.807, 2.05) is 0 Å². The van der Waals surface area contributed by atoms with Gasteiger partial charge in [0.05, 0.1) is 18.2 Å². The third-order valence-corrected chi connectivity index (χ3v) is 4.99. The number of Topliss-reactive ketones (excluding diaryl/α,β-unsaturated/α-hetero) is 1. The van der Waals surface area contributed by atoms with Crippen molar-refractivity contribution in [3.63, 3.8) is 0 Å². The summed E-state index contributed by atoms with van der Waals surface area (Å²) in [5.41, 5.74) is 1.34. The third kappa shape index (κ3) is 4.03. The first-order chi connectivity index (χ1) is 14.4. The van der Waals surface area contributed by atoms with E-state index in [0.717, 1.165) is 0 Å². The summed E-state index contributed by atoms with van der Waals surface area (Å²) in [5, 5.41) is 0.892. The summed E-state index contributed by atoms with van der Waals surface area (Å²) in [6.45, 7) is 0. The molecule has 0 unspecified atom stereocenters. The quantitative estimate of drug-likeness (QED) is 0.289. The van der Waals surface area contributed by atoms with Crippen LogP contribution in [0.4, 0.5) is 0 Å². The van der Waals surface area contributed by atoms with Crippen LogP contribution in [-0.2, 0) is 0 Å². The summed E-state index contributed by atoms with van der Waals surface area (Å²) in [6, 6.07) is 16.1. The van der Waals surface area contributed by atoms with Gasteiger partial charge in [-0.2, -0.15) is 0 Å². The molecule has 0 aromatic heterocycles. The molecule has 0 saturated heterocycles. The van der Waals surface area contributed by atoms with Crippen LogP contribution in [0.3, 0.4) is 0 Å². The third-order valence-electron chi connectivity index (χ3n) is 4.43. The predicted octanol–water partition coefficient (Wildman–Crippen LogP) is 5.84. The second-order valence-corrected chi connectivity index (χ2v) is 7.23. The molecule has 0 fully saturated rings. The molecule has 3 aromatic rings. The molecule has 3 aromatic carbocycles. The summed E-state index contributed by atoms with van der Waals surface area (Å²) in [7, 11) is 1.54. The molecule has 4 rings (SSSR count). The van der Waals surface area contributed by atoms with Gasteiger partial charge in [-0.25, -0.2) is 4.79 Å². The SMILES string of the molecule is COc1ccc(C(=O)Oc2ccc3c(c2)OC(=Cc2ccc(Cl)cc2Cl)C3=O)cc1. The summed E-state index contributed by atoms with van der Waals surface area (Å²) in [4.78, 5) is 25.0. The Balaban J connectivity index is 1.54. The molecule has 1 aliphatic heterocycles. The second kappa shape index (κ2) is 8.22. The fourth-order valence-corrected chi connectivity index (χ4v) is 3.35. The molecule has 0 N–H and O–H groups in total. The lowest BCUT2D eigenvalue weighted by Gasteiger charge is -2.06. The highest BCUT2D eigenvalue weighted by Gasteiger charge is 2.28. The minimum Gasteiger partial charge on any atom is -0.497 e. The van der Waals surface area contributed by atoms with Gasteiger partial charge in [-0.15, -0.1) is 0 Å². The van der Waals surface area contributed by atoms with Crippen molar-refractivity contribution in [2.75, 3.05) is 7.11 Å². The average Bonchev–Trinajstić information content (AvgIpc) is 3.05. The van der Waals surface area contributed by atoms with Gasteiger partial charge in [0, 0.05) is 16.1 Å². The Kier molecular flexibility index (Phi) is 5.48. The largest absolute Gasteiger partial charge is 0.497 e. The van der Waals surface area contributed by atoms with Crippen LogP contribution in [0.5, 0.6) is 17.2 Å². The first-order valence-electron chi connectivity index (χ1n) is 8.84. The van der Waals surface area contributed by atoms with Gasteiger partial charge in [-0.3, -0.25) is 4.79 Å². The van der Waals surface area contributed by atoms with E-state index >= 15 is 0 Å². The Bertz CT molecular complexity index is 1180. The second-order valence-electron chi connectivity index (χ2n) is 6.38. The highest BCUT2D eigenvalue weighted by molar-refractivity contribution is 6.35. The molecule has 0 aliphatic carbocycles. The van der Waals surface area contributed by atoms with Gasteiger partial charge in [0.15, 0.2) is 5.76 Å². The van der Waals surface area contributed by atoms with E-state index in [0.29, 0.717) is 38.2 Å². The van der Waals surface area contributed by atoms with E-state index in [9.17, 15) is 9.59 Å². The molecule has 150 valence electrons. The maximum absolute atomic E-state index is 12.6. The molecular formula is C23H14Cl2O5. The zero-order valence-corrected chi connectivity index (χ0v) is 17.2. The van der Waals surface area contributed by atoms with Gasteiger partial charge in [-0.05, 0) is 60.2 Å². The van der Waals surface area contributed by atoms with Crippen molar-refractivity contribution in [1.82, 2.24) is 0 Å². The normalized spacial score (nSPS) is 13.7. The molecule has 1 heterocycles. The average molecular weight is 441 g/mol. The highest BCUT2D eigenvalue weighted by atomic mass is 35.5. The van der Waals surface area contributed by atoms with E-state index in [2.05, 4.69) is 0 Å². The zero-order valence-electron chi connectivity index (χ0n) is 15.6. The van der Waals surface area contributed by atoms with Crippen molar-refractivity contribution < 1.29 is 23.8 Å². The standard InChI is InChI=1S/C23H14Cl2O5/c1-28-16-6-3-13(4-7-16)23(27)29-17-8-9-18-20(12-17)30-21(22(18)26)10-14-2-5-15(24)11-19(14)25/h2-12H,1H3. The molecule has 0 spiro atoms. The van der Waals surface area contributed by atoms with Crippen LogP contribution in [0, 0.1) is 0 Å². The number of ether oxygens (including phenoxy) is 3. The van der Waals surface area contributed by atoms with E-state index in [1.165, 1.54) is 6.07 Å². The maximum Gasteiger partial charge on any atom is 0.343 e. The van der Waals surface area contributed by atoms with Gasteiger partial charge in [0.1, 0.15) is 17.2 Å². The number of hydrogen-bond donors (Lipinski definition) is 0. The van der Waals surface area contributed by atoms with Crippen LogP contribution in [0.2, 0.25) is 10.0 Å². The van der Waals surface area contributed by atoms with Gasteiger partial charge >= 0.3 is 5.97 Å². The van der Waals surface area contributed by atoms with Gasteiger partial charge in [-0.1, -0.05) is 29.3 Å². The summed E-state index contributed by atoms with van der Waals surface area (Å²) < 4.78 is 16.1. The Morgan fingerprint density at radius 1 is 0.967 bits per heavy atom. The topological polar surface area (TPSA) is 61.8 Å². The molecule has 0 atom stereocenters. The summed E-state index contributed by atoms with van der Waals surface area (Å²) >= 11 is 12.1. The predicted molar refractivity (Wildman–Crippen MR) is 114 cm³/mol. The number of hydrogen-bond acceptors (Lipinski definition) is 5. The zero-order chi connectivity index (χ0) is 21.3. The molecular weight excluding hydrogens is 427 g/mol. The molecule has 30 heavy (non-hydrogen) atoms. The van der Waals surface area contributed by atoms with Gasteiger partial charge in [0.2, 0.25) is 5.78 Å². The minimum absolute atomic E-state index is 0.118. The number of halogens is 2. The highest BCUT2D eigenvalue weighted by Crippen LogP contribution is 2.36. The minimum atomic E-state index is -0.536. The van der Waals surface area contributed by atoms with Crippen molar-refractivity contribution in [2.45, 2.75) is 0 Å². The van der Waals surface area contributed by atoms with E-state index in [-0.39, 0.29) is 17.3 Å². The Morgan fingerprint density at radius 3 is 2.40 bits per heavy atom. The van der Waals surface area contributed by atoms with Crippen LogP contribution in [0.1, 0.15) is 26.3 Å². The Labute approximate surface area is 182 Å². The van der Waals surface area contributed by atoms with Crippen LogP contribution in [-0.4, -0.2) is 18.9 Å². The fraction of sp³-hybridized carbons (Fsp3) is 0.0435. The molecule has 0 amide bonds. The van der Waals surface area contributed by atoms with Crippen LogP contribution in [0.15, 0.2) is 66.4 Å². The lowest BCUT2D eigenvalue weighted by atomic mass is 10.1. The van der Waals surface area contributed by atoms with Crippen LogP contribution >= 0.6 is 23.2 Å². The van der Waals surface area contributed by atoms with Crippen molar-refractivity contribution in [3.8, 4) is 17.2 Å². The molecule has 1 aliphatic rings. The van der Waals surface area contributed by atoms with Crippen LogP contribution in [0.25, 0.3) is 6.08 Å². The number of ketones is 1. The Morgan fingerprint density at radius 2 is 1.70 bits per heavy atom.